The van der Waals surface area contributed by atoms with Gasteiger partial charge in [0.2, 0.25) is 0 Å². The van der Waals surface area contributed by atoms with E-state index in [1.165, 1.54) is 38.5 Å². The van der Waals surface area contributed by atoms with E-state index >= 15 is 0 Å². The molecule has 0 N–H and O–H groups in total. The van der Waals surface area contributed by atoms with Gasteiger partial charge in [-0.2, -0.15) is 0 Å². The van der Waals surface area contributed by atoms with Crippen LogP contribution < -0.4 is 0 Å². The topological polar surface area (TPSA) is 0 Å². The third-order valence-corrected chi connectivity index (χ3v) is 5.21. The molecule has 0 amide bonds. The first kappa shape index (κ1) is 16.1. The first-order valence-electron chi connectivity index (χ1n) is 8.24. The summed E-state index contributed by atoms with van der Waals surface area (Å²) < 4.78 is 0. The minimum atomic E-state index is 0.481. The van der Waals surface area contributed by atoms with Gasteiger partial charge in [-0.25, -0.2) is 0 Å². The predicted octanol–water partition coefficient (Wildman–Crippen LogP) is 6.30. The molecule has 1 aliphatic carbocycles. The quantitative estimate of drug-likeness (QED) is 0.498. The van der Waals surface area contributed by atoms with Gasteiger partial charge in [0.1, 0.15) is 0 Å². The normalized spacial score (nSPS) is 31.2. The molecular weight excluding hydrogens is 216 g/mol. The van der Waals surface area contributed by atoms with Crippen molar-refractivity contribution in [3.8, 4) is 0 Å². The van der Waals surface area contributed by atoms with Gasteiger partial charge < -0.3 is 0 Å². The Kier molecular flexibility index (Phi) is 5.32. The van der Waals surface area contributed by atoms with Crippen LogP contribution in [-0.4, -0.2) is 0 Å². The molecule has 0 aliphatic heterocycles. The Bertz CT molecular complexity index is 247. The molecule has 0 nitrogen and oxygen atoms in total. The average Bonchev–Trinajstić information content (AvgIpc) is 2.87. The van der Waals surface area contributed by atoms with Crippen molar-refractivity contribution in [3.05, 3.63) is 0 Å². The van der Waals surface area contributed by atoms with E-state index in [1.54, 1.807) is 0 Å². The van der Waals surface area contributed by atoms with E-state index in [0.717, 1.165) is 17.8 Å². The fourth-order valence-electron chi connectivity index (χ4n) is 4.11. The SMILES string of the molecule is CCCC(C)C(CC(C)(C)C)C1(C)CC1CCC. The molecule has 1 aliphatic rings. The van der Waals surface area contributed by atoms with Crippen LogP contribution in [0.25, 0.3) is 0 Å². The zero-order valence-electron chi connectivity index (χ0n) is 14.0. The smallest absolute Gasteiger partial charge is 0.0263 e. The fraction of sp³-hybridized carbons (Fsp3) is 1.00. The number of rotatable bonds is 7. The molecular formula is C18H36. The monoisotopic (exact) mass is 252 g/mol. The van der Waals surface area contributed by atoms with E-state index in [2.05, 4.69) is 48.5 Å². The van der Waals surface area contributed by atoms with Crippen LogP contribution in [0, 0.1) is 28.6 Å². The van der Waals surface area contributed by atoms with Gasteiger partial charge in [0.05, 0.1) is 0 Å². The molecule has 18 heavy (non-hydrogen) atoms. The van der Waals surface area contributed by atoms with Gasteiger partial charge in [0, 0.05) is 0 Å². The molecule has 4 unspecified atom stereocenters. The molecule has 0 heterocycles. The molecule has 0 aromatic rings. The van der Waals surface area contributed by atoms with Crippen LogP contribution in [-0.2, 0) is 0 Å². The van der Waals surface area contributed by atoms with Crippen LogP contribution in [0.2, 0.25) is 0 Å². The number of hydrogen-bond donors (Lipinski definition) is 0. The summed E-state index contributed by atoms with van der Waals surface area (Å²) in [4.78, 5) is 0. The lowest BCUT2D eigenvalue weighted by atomic mass is 9.69. The second-order valence-electron chi connectivity index (χ2n) is 8.33. The van der Waals surface area contributed by atoms with Crippen molar-refractivity contribution >= 4 is 0 Å². The largest absolute Gasteiger partial charge is 0.0654 e. The molecule has 0 aromatic heterocycles. The van der Waals surface area contributed by atoms with E-state index in [-0.39, 0.29) is 0 Å². The first-order chi connectivity index (χ1) is 8.24. The summed E-state index contributed by atoms with van der Waals surface area (Å²) in [7, 11) is 0. The summed E-state index contributed by atoms with van der Waals surface area (Å²) in [6, 6.07) is 0. The minimum Gasteiger partial charge on any atom is -0.0654 e. The van der Waals surface area contributed by atoms with Crippen molar-refractivity contribution in [2.45, 2.75) is 87.0 Å². The molecule has 1 fully saturated rings. The van der Waals surface area contributed by atoms with Gasteiger partial charge in [-0.05, 0) is 41.4 Å². The Balaban J connectivity index is 2.72. The molecule has 0 heteroatoms. The van der Waals surface area contributed by atoms with E-state index < -0.39 is 0 Å². The van der Waals surface area contributed by atoms with Crippen molar-refractivity contribution in [1.82, 2.24) is 0 Å². The fourth-order valence-corrected chi connectivity index (χ4v) is 4.11. The molecule has 0 bridgehead atoms. The van der Waals surface area contributed by atoms with Crippen LogP contribution in [0.4, 0.5) is 0 Å². The van der Waals surface area contributed by atoms with Crippen molar-refractivity contribution in [2.75, 3.05) is 0 Å². The van der Waals surface area contributed by atoms with E-state index in [9.17, 15) is 0 Å². The van der Waals surface area contributed by atoms with Gasteiger partial charge in [-0.3, -0.25) is 0 Å². The molecule has 0 radical (unpaired) electrons. The highest BCUT2D eigenvalue weighted by Crippen LogP contribution is 2.63. The predicted molar refractivity (Wildman–Crippen MR) is 82.8 cm³/mol. The third kappa shape index (κ3) is 4.00. The standard InChI is InChI=1S/C18H36/c1-8-10-14(3)16(13-17(4,5)6)18(7)12-15(18)11-9-2/h14-16H,8-13H2,1-7H3. The van der Waals surface area contributed by atoms with Crippen molar-refractivity contribution in [3.63, 3.8) is 0 Å². The Morgan fingerprint density at radius 2 is 1.78 bits per heavy atom. The minimum absolute atomic E-state index is 0.481. The van der Waals surface area contributed by atoms with E-state index in [1.807, 2.05) is 0 Å². The van der Waals surface area contributed by atoms with E-state index in [4.69, 9.17) is 0 Å². The second-order valence-corrected chi connectivity index (χ2v) is 8.33. The van der Waals surface area contributed by atoms with Gasteiger partial charge >= 0.3 is 0 Å². The zero-order valence-corrected chi connectivity index (χ0v) is 14.0. The van der Waals surface area contributed by atoms with Crippen LogP contribution >= 0.6 is 0 Å². The highest BCUT2D eigenvalue weighted by Gasteiger charge is 2.55. The summed E-state index contributed by atoms with van der Waals surface area (Å²) in [5.41, 5.74) is 1.15. The van der Waals surface area contributed by atoms with Gasteiger partial charge in [-0.15, -0.1) is 0 Å². The first-order valence-corrected chi connectivity index (χ1v) is 8.24. The number of hydrogen-bond acceptors (Lipinski definition) is 0. The molecule has 0 aromatic carbocycles. The zero-order chi connectivity index (χ0) is 14.0. The van der Waals surface area contributed by atoms with Gasteiger partial charge in [0.25, 0.3) is 0 Å². The van der Waals surface area contributed by atoms with Crippen LogP contribution in [0.3, 0.4) is 0 Å². The van der Waals surface area contributed by atoms with Crippen LogP contribution in [0.15, 0.2) is 0 Å². The molecule has 1 rings (SSSR count). The Hall–Kier alpha value is 0. The lowest BCUT2D eigenvalue weighted by Gasteiger charge is -2.36. The lowest BCUT2D eigenvalue weighted by Crippen LogP contribution is -2.27. The summed E-state index contributed by atoms with van der Waals surface area (Å²) >= 11 is 0. The van der Waals surface area contributed by atoms with Crippen molar-refractivity contribution in [2.24, 2.45) is 28.6 Å². The molecule has 0 spiro atoms. The maximum atomic E-state index is 2.58. The summed E-state index contributed by atoms with van der Waals surface area (Å²) in [5.74, 6) is 2.87. The van der Waals surface area contributed by atoms with E-state index in [0.29, 0.717) is 10.8 Å². The Morgan fingerprint density at radius 1 is 1.17 bits per heavy atom. The lowest BCUT2D eigenvalue weighted by molar-refractivity contribution is 0.137. The van der Waals surface area contributed by atoms with Crippen molar-refractivity contribution < 1.29 is 0 Å². The van der Waals surface area contributed by atoms with Crippen molar-refractivity contribution in [1.29, 1.82) is 0 Å². The summed E-state index contributed by atoms with van der Waals surface area (Å²) in [6.45, 7) is 17.0. The highest BCUT2D eigenvalue weighted by molar-refractivity contribution is 5.04. The third-order valence-electron chi connectivity index (χ3n) is 5.21. The maximum Gasteiger partial charge on any atom is -0.0263 e. The van der Waals surface area contributed by atoms with Crippen LogP contribution in [0.5, 0.6) is 0 Å². The average molecular weight is 252 g/mol. The maximum absolute atomic E-state index is 2.58. The summed E-state index contributed by atoms with van der Waals surface area (Å²) in [6.07, 6.45) is 8.48. The molecule has 108 valence electrons. The second kappa shape index (κ2) is 5.97. The Labute approximate surface area is 116 Å². The molecule has 4 atom stereocenters. The summed E-state index contributed by atoms with van der Waals surface area (Å²) in [5, 5.41) is 0. The van der Waals surface area contributed by atoms with Gasteiger partial charge in [-0.1, -0.05) is 74.1 Å². The molecule has 0 saturated heterocycles. The molecule has 1 saturated carbocycles. The van der Waals surface area contributed by atoms with Crippen LogP contribution in [0.1, 0.15) is 87.0 Å². The highest BCUT2D eigenvalue weighted by atomic mass is 14.6. The van der Waals surface area contributed by atoms with Gasteiger partial charge in [0.15, 0.2) is 0 Å². The Morgan fingerprint density at radius 3 is 2.22 bits per heavy atom.